The van der Waals surface area contributed by atoms with Crippen LogP contribution >= 0.6 is 0 Å². The molecule has 4 heteroatoms. The highest BCUT2D eigenvalue weighted by molar-refractivity contribution is 5.02. The van der Waals surface area contributed by atoms with Crippen LogP contribution in [0.15, 0.2) is 0 Å². The van der Waals surface area contributed by atoms with Gasteiger partial charge >= 0.3 is 0 Å². The Kier molecular flexibility index (Phi) is 3.05. The lowest BCUT2D eigenvalue weighted by Gasteiger charge is -2.13. The van der Waals surface area contributed by atoms with Crippen LogP contribution < -0.4 is 5.32 Å². The smallest absolute Gasteiger partial charge is 0.134 e. The van der Waals surface area contributed by atoms with Crippen LogP contribution in [0.3, 0.4) is 0 Å². The van der Waals surface area contributed by atoms with Crippen molar-refractivity contribution in [1.29, 1.82) is 0 Å². The number of likely N-dealkylation sites (N-methyl/N-ethyl adjacent to an activating group) is 1. The van der Waals surface area contributed by atoms with E-state index in [1.165, 1.54) is 12.8 Å². The van der Waals surface area contributed by atoms with Crippen LogP contribution in [-0.2, 0) is 6.42 Å². The van der Waals surface area contributed by atoms with Crippen molar-refractivity contribution in [1.82, 2.24) is 20.1 Å². The van der Waals surface area contributed by atoms with Crippen molar-refractivity contribution in [3.05, 3.63) is 11.6 Å². The van der Waals surface area contributed by atoms with Gasteiger partial charge in [-0.2, -0.15) is 0 Å². The van der Waals surface area contributed by atoms with Gasteiger partial charge in [0.2, 0.25) is 0 Å². The van der Waals surface area contributed by atoms with Gasteiger partial charge in [0.15, 0.2) is 0 Å². The van der Waals surface area contributed by atoms with Crippen LogP contribution in [0.25, 0.3) is 0 Å². The monoisotopic (exact) mass is 208 g/mol. The van der Waals surface area contributed by atoms with E-state index in [0.29, 0.717) is 12.1 Å². The Bertz CT molecular complexity index is 327. The first-order valence-electron chi connectivity index (χ1n) is 5.86. The first-order valence-corrected chi connectivity index (χ1v) is 5.86. The number of hydrogen-bond acceptors (Lipinski definition) is 3. The molecule has 0 saturated heterocycles. The second kappa shape index (κ2) is 4.31. The number of hydrogen-bond donors (Lipinski definition) is 1. The molecule has 0 spiro atoms. The molecule has 1 heterocycles. The molecular formula is C11H20N4. The molecule has 1 aliphatic carbocycles. The van der Waals surface area contributed by atoms with Crippen molar-refractivity contribution in [2.45, 2.75) is 52.1 Å². The Balaban J connectivity index is 2.07. The summed E-state index contributed by atoms with van der Waals surface area (Å²) >= 11 is 0. The zero-order valence-corrected chi connectivity index (χ0v) is 9.82. The van der Waals surface area contributed by atoms with Gasteiger partial charge in [-0.1, -0.05) is 6.92 Å². The van der Waals surface area contributed by atoms with Gasteiger partial charge in [0, 0.05) is 18.5 Å². The quantitative estimate of drug-likeness (QED) is 0.796. The SMILES string of the molecule is CCNC(C)Cc1nnc(C)n1C1CC1. The fourth-order valence-corrected chi connectivity index (χ4v) is 2.05. The molecule has 1 fully saturated rings. The van der Waals surface area contributed by atoms with E-state index in [-0.39, 0.29) is 0 Å². The van der Waals surface area contributed by atoms with Gasteiger partial charge in [-0.3, -0.25) is 0 Å². The Morgan fingerprint density at radius 3 is 2.80 bits per heavy atom. The fourth-order valence-electron chi connectivity index (χ4n) is 2.05. The summed E-state index contributed by atoms with van der Waals surface area (Å²) in [6.07, 6.45) is 3.56. The van der Waals surface area contributed by atoms with Crippen molar-refractivity contribution < 1.29 is 0 Å². The first-order chi connectivity index (χ1) is 7.22. The minimum Gasteiger partial charge on any atom is -0.314 e. The van der Waals surface area contributed by atoms with Gasteiger partial charge < -0.3 is 9.88 Å². The molecule has 0 aromatic carbocycles. The summed E-state index contributed by atoms with van der Waals surface area (Å²) in [7, 11) is 0. The molecule has 1 atom stereocenters. The number of aryl methyl sites for hydroxylation is 1. The van der Waals surface area contributed by atoms with E-state index in [4.69, 9.17) is 0 Å². The zero-order chi connectivity index (χ0) is 10.8. The third-order valence-corrected chi connectivity index (χ3v) is 2.89. The maximum absolute atomic E-state index is 4.27. The summed E-state index contributed by atoms with van der Waals surface area (Å²) in [5.41, 5.74) is 0. The third kappa shape index (κ3) is 2.37. The lowest BCUT2D eigenvalue weighted by atomic mass is 10.2. The Hall–Kier alpha value is -0.900. The number of rotatable bonds is 5. The molecule has 0 amide bonds. The average molecular weight is 208 g/mol. The van der Waals surface area contributed by atoms with Gasteiger partial charge in [-0.25, -0.2) is 0 Å². The molecule has 84 valence electrons. The van der Waals surface area contributed by atoms with Gasteiger partial charge in [0.25, 0.3) is 0 Å². The van der Waals surface area contributed by atoms with Crippen LogP contribution in [-0.4, -0.2) is 27.4 Å². The molecule has 0 radical (unpaired) electrons. The maximum Gasteiger partial charge on any atom is 0.134 e. The maximum atomic E-state index is 4.27. The standard InChI is InChI=1S/C11H20N4/c1-4-12-8(2)7-11-14-13-9(3)15(11)10-5-6-10/h8,10,12H,4-7H2,1-3H3. The van der Waals surface area contributed by atoms with Crippen LogP contribution in [0.2, 0.25) is 0 Å². The van der Waals surface area contributed by atoms with Gasteiger partial charge in [0.1, 0.15) is 11.6 Å². The van der Waals surface area contributed by atoms with E-state index < -0.39 is 0 Å². The minimum atomic E-state index is 0.482. The fraction of sp³-hybridized carbons (Fsp3) is 0.818. The van der Waals surface area contributed by atoms with Gasteiger partial charge in [-0.05, 0) is 33.2 Å². The van der Waals surface area contributed by atoms with Gasteiger partial charge in [0.05, 0.1) is 0 Å². The molecule has 1 aliphatic rings. The zero-order valence-electron chi connectivity index (χ0n) is 9.82. The molecule has 1 saturated carbocycles. The van der Waals surface area contributed by atoms with Crippen molar-refractivity contribution in [3.8, 4) is 0 Å². The van der Waals surface area contributed by atoms with Crippen molar-refractivity contribution in [2.75, 3.05) is 6.54 Å². The number of nitrogens with zero attached hydrogens (tertiary/aromatic N) is 3. The summed E-state index contributed by atoms with van der Waals surface area (Å²) in [5.74, 6) is 2.21. The molecular weight excluding hydrogens is 188 g/mol. The molecule has 2 rings (SSSR count). The molecule has 1 unspecified atom stereocenters. The minimum absolute atomic E-state index is 0.482. The van der Waals surface area contributed by atoms with Crippen LogP contribution in [0, 0.1) is 6.92 Å². The summed E-state index contributed by atoms with van der Waals surface area (Å²) in [6.45, 7) is 7.39. The highest BCUT2D eigenvalue weighted by atomic mass is 15.3. The van der Waals surface area contributed by atoms with Gasteiger partial charge in [-0.15, -0.1) is 10.2 Å². The molecule has 0 bridgehead atoms. The second-order valence-electron chi connectivity index (χ2n) is 4.43. The highest BCUT2D eigenvalue weighted by Gasteiger charge is 2.28. The van der Waals surface area contributed by atoms with Crippen molar-refractivity contribution >= 4 is 0 Å². The lowest BCUT2D eigenvalue weighted by Crippen LogP contribution is -2.28. The van der Waals surface area contributed by atoms with E-state index in [1.807, 2.05) is 6.92 Å². The predicted octanol–water partition coefficient (Wildman–Crippen LogP) is 1.46. The largest absolute Gasteiger partial charge is 0.314 e. The van der Waals surface area contributed by atoms with Crippen molar-refractivity contribution in [3.63, 3.8) is 0 Å². The number of nitrogens with one attached hydrogen (secondary N) is 1. The molecule has 1 N–H and O–H groups in total. The molecule has 0 aliphatic heterocycles. The highest BCUT2D eigenvalue weighted by Crippen LogP contribution is 2.36. The molecule has 1 aromatic heterocycles. The van der Waals surface area contributed by atoms with E-state index in [1.54, 1.807) is 0 Å². The molecule has 15 heavy (non-hydrogen) atoms. The summed E-state index contributed by atoms with van der Waals surface area (Å²) in [4.78, 5) is 0. The van der Waals surface area contributed by atoms with E-state index in [9.17, 15) is 0 Å². The average Bonchev–Trinajstić information content (AvgIpc) is 2.94. The van der Waals surface area contributed by atoms with Crippen LogP contribution in [0.4, 0.5) is 0 Å². The molecule has 1 aromatic rings. The van der Waals surface area contributed by atoms with Crippen LogP contribution in [0.5, 0.6) is 0 Å². The summed E-state index contributed by atoms with van der Waals surface area (Å²) in [6, 6.07) is 1.17. The third-order valence-electron chi connectivity index (χ3n) is 2.89. The summed E-state index contributed by atoms with van der Waals surface area (Å²) in [5, 5.41) is 11.9. The van der Waals surface area contributed by atoms with Crippen LogP contribution in [0.1, 0.15) is 44.4 Å². The molecule has 4 nitrogen and oxygen atoms in total. The Morgan fingerprint density at radius 2 is 2.20 bits per heavy atom. The normalized spacial score (nSPS) is 18.1. The second-order valence-corrected chi connectivity index (χ2v) is 4.43. The van der Waals surface area contributed by atoms with Crippen molar-refractivity contribution in [2.24, 2.45) is 0 Å². The van der Waals surface area contributed by atoms with E-state index in [0.717, 1.165) is 24.6 Å². The predicted molar refractivity (Wildman–Crippen MR) is 59.9 cm³/mol. The van der Waals surface area contributed by atoms with E-state index >= 15 is 0 Å². The Morgan fingerprint density at radius 1 is 1.47 bits per heavy atom. The number of aromatic nitrogens is 3. The first kappa shape index (κ1) is 10.6. The lowest BCUT2D eigenvalue weighted by molar-refractivity contribution is 0.531. The Labute approximate surface area is 91.1 Å². The topological polar surface area (TPSA) is 42.7 Å². The van der Waals surface area contributed by atoms with E-state index in [2.05, 4.69) is 33.9 Å². The summed E-state index contributed by atoms with van der Waals surface area (Å²) < 4.78 is 2.31.